The molecule has 2 radical (unpaired) electrons. The summed E-state index contributed by atoms with van der Waals surface area (Å²) in [5.41, 5.74) is 0. The molecule has 0 aromatic heterocycles. The Morgan fingerprint density at radius 3 is 1.83 bits per heavy atom. The van der Waals surface area contributed by atoms with Crippen LogP contribution in [0.1, 0.15) is 0 Å². The molecule has 5 heteroatoms. The van der Waals surface area contributed by atoms with Crippen LogP contribution in [0.5, 0.6) is 0 Å². The van der Waals surface area contributed by atoms with Crippen LogP contribution >= 0.6 is 0 Å². The summed E-state index contributed by atoms with van der Waals surface area (Å²) in [7, 11) is -3.36. The average Bonchev–Trinajstić information content (AvgIpc) is 1.35. The van der Waals surface area contributed by atoms with Gasteiger partial charge in [0.1, 0.15) is 0 Å². The van der Waals surface area contributed by atoms with Gasteiger partial charge in [0.05, 0.1) is 6.26 Å². The van der Waals surface area contributed by atoms with Crippen molar-refractivity contribution in [2.24, 2.45) is 0 Å². The van der Waals surface area contributed by atoms with Gasteiger partial charge in [0, 0.05) is 0 Å². The van der Waals surface area contributed by atoms with Gasteiger partial charge in [-0.1, -0.05) is 0 Å². The highest BCUT2D eigenvalue weighted by atomic mass is 32.2. The fourth-order valence-electron chi connectivity index (χ4n) is 0. The number of nitrogens with zero attached hydrogens (tertiary/aromatic N) is 1. The van der Waals surface area contributed by atoms with E-state index in [1.807, 2.05) is 0 Å². The van der Waals surface area contributed by atoms with E-state index < -0.39 is 10.0 Å². The summed E-state index contributed by atoms with van der Waals surface area (Å²) >= 11 is 0. The van der Waals surface area contributed by atoms with Crippen LogP contribution in [-0.4, -0.2) is 14.7 Å². The van der Waals surface area contributed by atoms with Crippen LogP contribution in [0.3, 0.4) is 0 Å². The summed E-state index contributed by atoms with van der Waals surface area (Å²) < 4.78 is 19.3. The second kappa shape index (κ2) is 1.55. The molecule has 36 valence electrons. The van der Waals surface area contributed by atoms with E-state index in [0.717, 1.165) is 11.1 Å². The molecule has 0 spiro atoms. The molecule has 1 N–H and O–H groups in total. The Hall–Kier alpha value is -0.130. The largest absolute Gasteiger partial charge is 0.224 e. The molecule has 0 fully saturated rings. The zero-order valence-corrected chi connectivity index (χ0v) is 3.99. The van der Waals surface area contributed by atoms with Crippen LogP contribution < -0.4 is 10.7 Å². The number of nitrogens with one attached hydrogen (secondary N) is 1. The van der Waals surface area contributed by atoms with E-state index in [1.54, 1.807) is 0 Å². The normalized spacial score (nSPS) is 11.7. The first-order chi connectivity index (χ1) is 2.56. The molecule has 0 aromatic rings. The Morgan fingerprint density at radius 2 is 1.83 bits per heavy atom. The van der Waals surface area contributed by atoms with Gasteiger partial charge < -0.3 is 0 Å². The van der Waals surface area contributed by atoms with Gasteiger partial charge in [-0.25, -0.2) is 8.42 Å². The Bertz CT molecular complexity index is 114. The summed E-state index contributed by atoms with van der Waals surface area (Å²) in [6.07, 6.45) is 0.854. The van der Waals surface area contributed by atoms with Crippen molar-refractivity contribution < 1.29 is 8.42 Å². The van der Waals surface area contributed by atoms with Gasteiger partial charge in [-0.05, 0) is 5.84 Å². The second-order valence-electron chi connectivity index (χ2n) is 0.863. The van der Waals surface area contributed by atoms with Gasteiger partial charge >= 0.3 is 0 Å². The van der Waals surface area contributed by atoms with Crippen LogP contribution in [-0.2, 0) is 10.0 Å². The first-order valence-corrected chi connectivity index (χ1v) is 3.06. The molecular formula is CH4N2O2S. The number of hydrogen-bond donors (Lipinski definition) is 1. The number of hydrogen-bond acceptors (Lipinski definition) is 2. The van der Waals surface area contributed by atoms with Gasteiger partial charge in [-0.3, -0.25) is 0 Å². The molecule has 0 bridgehead atoms. The molecule has 0 unspecified atom stereocenters. The highest BCUT2D eigenvalue weighted by Crippen LogP contribution is 1.61. The Balaban J connectivity index is 3.85. The molecule has 0 aromatic carbocycles. The van der Waals surface area contributed by atoms with E-state index >= 15 is 0 Å². The minimum atomic E-state index is -3.36. The maximum atomic E-state index is 9.64. The summed E-state index contributed by atoms with van der Waals surface area (Å²) in [6.45, 7) is 0. The van der Waals surface area contributed by atoms with Crippen molar-refractivity contribution in [3.63, 3.8) is 0 Å². The minimum absolute atomic E-state index is 0.854. The summed E-state index contributed by atoms with van der Waals surface area (Å²) in [6, 6.07) is 0. The lowest BCUT2D eigenvalue weighted by atomic mass is 12.0. The molecule has 0 rings (SSSR count). The molecule has 0 saturated heterocycles. The lowest BCUT2D eigenvalue weighted by Crippen LogP contribution is -2.18. The molecular weight excluding hydrogens is 104 g/mol. The highest BCUT2D eigenvalue weighted by molar-refractivity contribution is 7.88. The average molecular weight is 108 g/mol. The zero-order chi connectivity index (χ0) is 5.21. The van der Waals surface area contributed by atoms with E-state index in [1.165, 1.54) is 0 Å². The van der Waals surface area contributed by atoms with Crippen molar-refractivity contribution in [2.45, 2.75) is 0 Å². The smallest absolute Gasteiger partial charge is 0.211 e. The van der Waals surface area contributed by atoms with Gasteiger partial charge in [-0.15, -0.1) is 4.83 Å². The summed E-state index contributed by atoms with van der Waals surface area (Å²) in [4.78, 5) is 1.08. The van der Waals surface area contributed by atoms with Crippen molar-refractivity contribution in [1.29, 1.82) is 0 Å². The van der Waals surface area contributed by atoms with Crippen molar-refractivity contribution in [2.75, 3.05) is 6.26 Å². The van der Waals surface area contributed by atoms with Gasteiger partial charge in [0.2, 0.25) is 10.0 Å². The lowest BCUT2D eigenvalue weighted by molar-refractivity contribution is 0.588. The first-order valence-electron chi connectivity index (χ1n) is 1.17. The Labute approximate surface area is 36.4 Å². The van der Waals surface area contributed by atoms with Crippen LogP contribution in [0, 0.1) is 0 Å². The third-order valence-electron chi connectivity index (χ3n) is 0.166. The predicted molar refractivity (Wildman–Crippen MR) is 20.1 cm³/mol. The standard InChI is InChI=1S/CH4N2O2S/c1-6(4,5)3-2/h3H,1H3. The lowest BCUT2D eigenvalue weighted by Gasteiger charge is -1.81. The zero-order valence-electron chi connectivity index (χ0n) is 3.17. The predicted octanol–water partition coefficient (Wildman–Crippen LogP) is -1.48. The van der Waals surface area contributed by atoms with E-state index in [4.69, 9.17) is 5.84 Å². The second-order valence-corrected chi connectivity index (χ2v) is 2.59. The topological polar surface area (TPSA) is 68.5 Å². The molecule has 6 heavy (non-hydrogen) atoms. The monoisotopic (exact) mass is 108 g/mol. The molecule has 0 saturated carbocycles. The van der Waals surface area contributed by atoms with Crippen LogP contribution in [0.25, 0.3) is 0 Å². The van der Waals surface area contributed by atoms with E-state index in [2.05, 4.69) is 0 Å². The summed E-state index contributed by atoms with van der Waals surface area (Å²) in [5, 5.41) is 0. The van der Waals surface area contributed by atoms with Crippen molar-refractivity contribution >= 4 is 10.0 Å². The summed E-state index contributed by atoms with van der Waals surface area (Å²) in [5.74, 6) is 7.56. The maximum absolute atomic E-state index is 9.64. The maximum Gasteiger partial charge on any atom is 0.224 e. The van der Waals surface area contributed by atoms with Crippen LogP contribution in [0.4, 0.5) is 0 Å². The third-order valence-corrected chi connectivity index (χ3v) is 0.497. The first kappa shape index (κ1) is 5.87. The van der Waals surface area contributed by atoms with Crippen LogP contribution in [0.15, 0.2) is 0 Å². The quantitative estimate of drug-likeness (QED) is 0.416. The van der Waals surface area contributed by atoms with E-state index in [-0.39, 0.29) is 0 Å². The molecule has 0 aliphatic rings. The van der Waals surface area contributed by atoms with Crippen molar-refractivity contribution in [3.8, 4) is 0 Å². The van der Waals surface area contributed by atoms with E-state index in [0.29, 0.717) is 0 Å². The molecule has 4 nitrogen and oxygen atoms in total. The van der Waals surface area contributed by atoms with Crippen LogP contribution in [0.2, 0.25) is 0 Å². The van der Waals surface area contributed by atoms with Crippen molar-refractivity contribution in [3.05, 3.63) is 0 Å². The molecule has 0 atom stereocenters. The Morgan fingerprint density at radius 1 is 1.67 bits per heavy atom. The SMILES string of the molecule is CS(=O)(=O)N[N]. The third kappa shape index (κ3) is 3.87. The van der Waals surface area contributed by atoms with Crippen molar-refractivity contribution in [1.82, 2.24) is 10.7 Å². The fourth-order valence-corrected chi connectivity index (χ4v) is 0. The van der Waals surface area contributed by atoms with Gasteiger partial charge in [-0.2, -0.15) is 0 Å². The molecule has 0 aliphatic heterocycles. The minimum Gasteiger partial charge on any atom is -0.211 e. The molecule has 0 aliphatic carbocycles. The van der Waals surface area contributed by atoms with Gasteiger partial charge in [0.25, 0.3) is 0 Å². The van der Waals surface area contributed by atoms with E-state index in [9.17, 15) is 8.42 Å². The molecule has 0 amide bonds. The highest BCUT2D eigenvalue weighted by Gasteiger charge is 1.91. The van der Waals surface area contributed by atoms with Gasteiger partial charge in [0.15, 0.2) is 0 Å². The molecule has 0 heterocycles. The number of rotatable bonds is 1. The number of sulfonamides is 1. The fraction of sp³-hybridized carbons (Fsp3) is 1.00. The Kier molecular flexibility index (Phi) is 1.51.